The quantitative estimate of drug-likeness (QED) is 0.683. The van der Waals surface area contributed by atoms with Crippen LogP contribution >= 0.6 is 0 Å². The highest BCUT2D eigenvalue weighted by atomic mass is 16.7. The maximum atomic E-state index is 5.66. The highest BCUT2D eigenvalue weighted by Crippen LogP contribution is 2.37. The van der Waals surface area contributed by atoms with Crippen molar-refractivity contribution in [2.75, 3.05) is 19.9 Å². The summed E-state index contributed by atoms with van der Waals surface area (Å²) >= 11 is 0. The lowest BCUT2D eigenvalue weighted by atomic mass is 9.95. The maximum absolute atomic E-state index is 5.66. The molecule has 1 saturated heterocycles. The lowest BCUT2D eigenvalue weighted by Crippen LogP contribution is -2.33. The smallest absolute Gasteiger partial charge is 0.231 e. The van der Waals surface area contributed by atoms with Crippen LogP contribution in [0.2, 0.25) is 0 Å². The normalized spacial score (nSPS) is 17.1. The van der Waals surface area contributed by atoms with Gasteiger partial charge in [0.15, 0.2) is 11.5 Å². The fourth-order valence-electron chi connectivity index (χ4n) is 4.19. The van der Waals surface area contributed by atoms with Crippen molar-refractivity contribution in [1.29, 1.82) is 0 Å². The van der Waals surface area contributed by atoms with Crippen LogP contribution in [0.3, 0.4) is 0 Å². The first-order chi connectivity index (χ1) is 13.9. The number of ether oxygens (including phenoxy) is 2. The van der Waals surface area contributed by atoms with Crippen LogP contribution in [0.15, 0.2) is 55.0 Å². The number of fused-ring (bicyclic) bond motifs is 1. The standard InChI is InChI=1S/C22H24N4O2/c1-2-9-23-19(5-1)15-26-13-10-24-22(26)17-7-11-25(12-8-17)14-18-4-3-6-20-21(18)28-16-27-20/h1-6,9-10,13,17H,7-8,11-12,14-16H2. The van der Waals surface area contributed by atoms with E-state index < -0.39 is 0 Å². The van der Waals surface area contributed by atoms with Gasteiger partial charge in [0.25, 0.3) is 0 Å². The van der Waals surface area contributed by atoms with Gasteiger partial charge in [-0.05, 0) is 44.1 Å². The van der Waals surface area contributed by atoms with Crippen molar-refractivity contribution >= 4 is 0 Å². The van der Waals surface area contributed by atoms with Gasteiger partial charge in [-0.3, -0.25) is 9.88 Å². The molecule has 0 radical (unpaired) electrons. The molecule has 0 amide bonds. The summed E-state index contributed by atoms with van der Waals surface area (Å²) in [5, 5.41) is 0. The molecule has 3 aromatic rings. The van der Waals surface area contributed by atoms with Crippen LogP contribution in [0.25, 0.3) is 0 Å². The van der Waals surface area contributed by atoms with Crippen molar-refractivity contribution in [1.82, 2.24) is 19.4 Å². The van der Waals surface area contributed by atoms with E-state index >= 15 is 0 Å². The molecule has 0 N–H and O–H groups in total. The molecule has 1 aromatic carbocycles. The molecule has 6 nitrogen and oxygen atoms in total. The number of piperidine rings is 1. The Kier molecular flexibility index (Phi) is 4.71. The Morgan fingerprint density at radius 1 is 0.929 bits per heavy atom. The molecule has 0 aliphatic carbocycles. The number of rotatable bonds is 5. The van der Waals surface area contributed by atoms with E-state index in [4.69, 9.17) is 9.47 Å². The second-order valence-corrected chi connectivity index (χ2v) is 7.44. The average Bonchev–Trinajstić information content (AvgIpc) is 3.39. The Morgan fingerprint density at radius 2 is 1.86 bits per heavy atom. The lowest BCUT2D eigenvalue weighted by Gasteiger charge is -2.32. The van der Waals surface area contributed by atoms with Crippen molar-refractivity contribution in [2.24, 2.45) is 0 Å². The molecule has 0 atom stereocenters. The summed E-state index contributed by atoms with van der Waals surface area (Å²) in [5.41, 5.74) is 2.28. The van der Waals surface area contributed by atoms with Crippen LogP contribution in [0, 0.1) is 0 Å². The summed E-state index contributed by atoms with van der Waals surface area (Å²) in [6.07, 6.45) is 8.06. The zero-order valence-electron chi connectivity index (χ0n) is 15.8. The zero-order chi connectivity index (χ0) is 18.8. The Bertz CT molecular complexity index is 933. The second kappa shape index (κ2) is 7.64. The number of hydrogen-bond donors (Lipinski definition) is 0. The molecule has 1 fully saturated rings. The summed E-state index contributed by atoms with van der Waals surface area (Å²) in [7, 11) is 0. The van der Waals surface area contributed by atoms with Gasteiger partial charge in [-0.1, -0.05) is 18.2 Å². The average molecular weight is 376 g/mol. The van der Waals surface area contributed by atoms with Gasteiger partial charge in [0, 0.05) is 36.6 Å². The van der Waals surface area contributed by atoms with Crippen LogP contribution in [0.5, 0.6) is 11.5 Å². The third-order valence-electron chi connectivity index (χ3n) is 5.63. The van der Waals surface area contributed by atoms with E-state index in [1.165, 1.54) is 11.4 Å². The van der Waals surface area contributed by atoms with Crippen LogP contribution in [0.4, 0.5) is 0 Å². The first-order valence-corrected chi connectivity index (χ1v) is 9.87. The minimum atomic E-state index is 0.327. The molecule has 4 heterocycles. The van der Waals surface area contributed by atoms with Crippen molar-refractivity contribution in [3.05, 3.63) is 72.1 Å². The lowest BCUT2D eigenvalue weighted by molar-refractivity contribution is 0.169. The molecule has 5 rings (SSSR count). The number of likely N-dealkylation sites (tertiary alicyclic amines) is 1. The van der Waals surface area contributed by atoms with Crippen molar-refractivity contribution in [2.45, 2.75) is 31.8 Å². The molecular formula is C22H24N4O2. The number of benzene rings is 1. The van der Waals surface area contributed by atoms with E-state index in [-0.39, 0.29) is 0 Å². The summed E-state index contributed by atoms with van der Waals surface area (Å²) in [4.78, 5) is 11.6. The van der Waals surface area contributed by atoms with Gasteiger partial charge in [0.05, 0.1) is 12.2 Å². The van der Waals surface area contributed by atoms with Gasteiger partial charge < -0.3 is 14.0 Å². The zero-order valence-corrected chi connectivity index (χ0v) is 15.8. The predicted octanol–water partition coefficient (Wildman–Crippen LogP) is 3.43. The topological polar surface area (TPSA) is 52.4 Å². The van der Waals surface area contributed by atoms with Crippen LogP contribution in [-0.2, 0) is 13.1 Å². The number of para-hydroxylation sites is 1. The molecular weight excluding hydrogens is 352 g/mol. The van der Waals surface area contributed by atoms with Crippen molar-refractivity contribution in [3.8, 4) is 11.5 Å². The van der Waals surface area contributed by atoms with Gasteiger partial charge in [0.2, 0.25) is 6.79 Å². The van der Waals surface area contributed by atoms with Crippen LogP contribution in [0.1, 0.15) is 35.8 Å². The molecule has 2 aromatic heterocycles. The van der Waals surface area contributed by atoms with Gasteiger partial charge in [-0.15, -0.1) is 0 Å². The fraction of sp³-hybridized carbons (Fsp3) is 0.364. The Morgan fingerprint density at radius 3 is 2.71 bits per heavy atom. The molecule has 0 bridgehead atoms. The summed E-state index contributed by atoms with van der Waals surface area (Å²) in [6, 6.07) is 12.2. The first kappa shape index (κ1) is 17.3. The SMILES string of the molecule is c1ccc(Cn2ccnc2C2CCN(Cc3cccc4c3OCO4)CC2)nc1. The van der Waals surface area contributed by atoms with Gasteiger partial charge in [-0.25, -0.2) is 4.98 Å². The summed E-state index contributed by atoms with van der Waals surface area (Å²) in [6.45, 7) is 4.14. The third-order valence-corrected chi connectivity index (χ3v) is 5.63. The highest BCUT2D eigenvalue weighted by molar-refractivity contribution is 5.48. The summed E-state index contributed by atoms with van der Waals surface area (Å²) < 4.78 is 13.4. The molecule has 144 valence electrons. The van der Waals surface area contributed by atoms with Gasteiger partial charge >= 0.3 is 0 Å². The minimum Gasteiger partial charge on any atom is -0.454 e. The largest absolute Gasteiger partial charge is 0.454 e. The van der Waals surface area contributed by atoms with E-state index in [1.54, 1.807) is 0 Å². The van der Waals surface area contributed by atoms with Crippen molar-refractivity contribution < 1.29 is 9.47 Å². The first-order valence-electron chi connectivity index (χ1n) is 9.87. The van der Waals surface area contributed by atoms with Gasteiger partial charge in [-0.2, -0.15) is 0 Å². The van der Waals surface area contributed by atoms with E-state index in [0.717, 1.165) is 56.2 Å². The Labute approximate surface area is 164 Å². The molecule has 0 saturated carbocycles. The molecule has 0 unspecified atom stereocenters. The van der Waals surface area contributed by atoms with Crippen molar-refractivity contribution in [3.63, 3.8) is 0 Å². The van der Waals surface area contributed by atoms with Gasteiger partial charge in [0.1, 0.15) is 5.82 Å². The Balaban J connectivity index is 1.23. The van der Waals surface area contributed by atoms with E-state index in [9.17, 15) is 0 Å². The summed E-state index contributed by atoms with van der Waals surface area (Å²) in [5.74, 6) is 3.46. The van der Waals surface area contributed by atoms with E-state index in [2.05, 4.69) is 37.8 Å². The molecule has 2 aliphatic rings. The maximum Gasteiger partial charge on any atom is 0.231 e. The van der Waals surface area contributed by atoms with E-state index in [1.807, 2.05) is 36.7 Å². The molecule has 6 heteroatoms. The number of imidazole rings is 1. The number of pyridine rings is 1. The molecule has 28 heavy (non-hydrogen) atoms. The minimum absolute atomic E-state index is 0.327. The number of aromatic nitrogens is 3. The monoisotopic (exact) mass is 376 g/mol. The van der Waals surface area contributed by atoms with Crippen LogP contribution < -0.4 is 9.47 Å². The Hall–Kier alpha value is -2.86. The third kappa shape index (κ3) is 3.47. The predicted molar refractivity (Wildman–Crippen MR) is 105 cm³/mol. The fourth-order valence-corrected chi connectivity index (χ4v) is 4.19. The molecule has 0 spiro atoms. The van der Waals surface area contributed by atoms with E-state index in [0.29, 0.717) is 12.7 Å². The molecule has 2 aliphatic heterocycles. The highest BCUT2D eigenvalue weighted by Gasteiger charge is 2.26. The second-order valence-electron chi connectivity index (χ2n) is 7.44. The number of nitrogens with zero attached hydrogens (tertiary/aromatic N) is 4. The number of hydrogen-bond acceptors (Lipinski definition) is 5. The van der Waals surface area contributed by atoms with Crippen LogP contribution in [-0.4, -0.2) is 39.3 Å².